The van der Waals surface area contributed by atoms with Crippen LogP contribution >= 0.6 is 11.8 Å². The van der Waals surface area contributed by atoms with Crippen LogP contribution in [0.4, 0.5) is 0 Å². The van der Waals surface area contributed by atoms with Crippen LogP contribution in [0.3, 0.4) is 0 Å². The van der Waals surface area contributed by atoms with Crippen LogP contribution in [0.1, 0.15) is 5.56 Å². The van der Waals surface area contributed by atoms with E-state index in [2.05, 4.69) is 39.2 Å². The molecule has 0 saturated carbocycles. The Balaban J connectivity index is 1.73. The fourth-order valence-electron chi connectivity index (χ4n) is 2.48. The van der Waals surface area contributed by atoms with Gasteiger partial charge in [-0.3, -0.25) is 4.98 Å². The number of aryl methyl sites for hydroxylation is 1. The summed E-state index contributed by atoms with van der Waals surface area (Å²) in [4.78, 5) is 13.7. The van der Waals surface area contributed by atoms with E-state index in [1.54, 1.807) is 11.8 Å². The third-order valence-electron chi connectivity index (χ3n) is 3.65. The van der Waals surface area contributed by atoms with Gasteiger partial charge in [-0.15, -0.1) is 0 Å². The number of aromatic amines is 1. The second-order valence-corrected chi connectivity index (χ2v) is 6.41. The fourth-order valence-corrected chi connectivity index (χ4v) is 3.42. The summed E-state index contributed by atoms with van der Waals surface area (Å²) in [6.07, 6.45) is 1.90. The molecule has 4 rings (SSSR count). The van der Waals surface area contributed by atoms with Gasteiger partial charge in [-0.2, -0.15) is 0 Å². The topological polar surface area (TPSA) is 41.6 Å². The SMILES string of the molecule is Cc1ccc(-c2ccccc2Sc2nc3ccccc3[nH]2)nc1. The summed E-state index contributed by atoms with van der Waals surface area (Å²) < 4.78 is 0. The third-order valence-corrected chi connectivity index (χ3v) is 4.61. The predicted molar refractivity (Wildman–Crippen MR) is 94.6 cm³/mol. The van der Waals surface area contributed by atoms with Crippen molar-refractivity contribution in [2.75, 3.05) is 0 Å². The molecule has 23 heavy (non-hydrogen) atoms. The van der Waals surface area contributed by atoms with Crippen molar-refractivity contribution in [1.29, 1.82) is 0 Å². The zero-order valence-electron chi connectivity index (χ0n) is 12.7. The molecule has 112 valence electrons. The molecule has 0 unspecified atom stereocenters. The van der Waals surface area contributed by atoms with E-state index >= 15 is 0 Å². The average Bonchev–Trinajstić information content (AvgIpc) is 2.98. The number of benzene rings is 2. The minimum atomic E-state index is 0.894. The van der Waals surface area contributed by atoms with Gasteiger partial charge in [0.2, 0.25) is 0 Å². The Morgan fingerprint density at radius 1 is 0.913 bits per heavy atom. The minimum Gasteiger partial charge on any atom is -0.333 e. The molecule has 0 amide bonds. The molecule has 1 N–H and O–H groups in total. The standard InChI is InChI=1S/C19H15N3S/c1-13-10-11-15(20-12-13)14-6-2-5-9-18(14)23-19-21-16-7-3-4-8-17(16)22-19/h2-12H,1H3,(H,21,22). The molecule has 4 aromatic rings. The van der Waals surface area contributed by atoms with Crippen LogP contribution in [0, 0.1) is 6.92 Å². The monoisotopic (exact) mass is 317 g/mol. The van der Waals surface area contributed by atoms with Crippen molar-refractivity contribution in [3.8, 4) is 11.3 Å². The van der Waals surface area contributed by atoms with Crippen molar-refractivity contribution >= 4 is 22.8 Å². The zero-order valence-corrected chi connectivity index (χ0v) is 13.5. The van der Waals surface area contributed by atoms with Crippen molar-refractivity contribution in [3.63, 3.8) is 0 Å². The summed E-state index contributed by atoms with van der Waals surface area (Å²) in [7, 11) is 0. The second-order valence-electron chi connectivity index (χ2n) is 5.38. The van der Waals surface area contributed by atoms with Crippen molar-refractivity contribution in [2.45, 2.75) is 17.0 Å². The van der Waals surface area contributed by atoms with Crippen LogP contribution in [0.5, 0.6) is 0 Å². The molecule has 0 aliphatic heterocycles. The Labute approximate surface area is 138 Å². The lowest BCUT2D eigenvalue weighted by molar-refractivity contribution is 1.08. The number of rotatable bonds is 3. The lowest BCUT2D eigenvalue weighted by atomic mass is 10.1. The number of fused-ring (bicyclic) bond motifs is 1. The molecule has 0 fully saturated rings. The summed E-state index contributed by atoms with van der Waals surface area (Å²) in [5.41, 5.74) is 5.31. The van der Waals surface area contributed by atoms with Gasteiger partial charge in [0.15, 0.2) is 5.16 Å². The van der Waals surface area contributed by atoms with Gasteiger partial charge in [0.1, 0.15) is 0 Å². The summed E-state index contributed by atoms with van der Waals surface area (Å²) in [5.74, 6) is 0. The van der Waals surface area contributed by atoms with Crippen LogP contribution in [-0.2, 0) is 0 Å². The van der Waals surface area contributed by atoms with Crippen molar-refractivity contribution in [3.05, 3.63) is 72.4 Å². The van der Waals surface area contributed by atoms with Gasteiger partial charge >= 0.3 is 0 Å². The number of hydrogen-bond donors (Lipinski definition) is 1. The molecule has 3 nitrogen and oxygen atoms in total. The van der Waals surface area contributed by atoms with Crippen molar-refractivity contribution in [2.24, 2.45) is 0 Å². The Kier molecular flexibility index (Phi) is 3.60. The van der Waals surface area contributed by atoms with Crippen LogP contribution in [0.15, 0.2) is 76.9 Å². The van der Waals surface area contributed by atoms with Crippen LogP contribution in [0.2, 0.25) is 0 Å². The van der Waals surface area contributed by atoms with E-state index in [1.807, 2.05) is 49.5 Å². The molecular weight excluding hydrogens is 302 g/mol. The smallest absolute Gasteiger partial charge is 0.171 e. The number of imidazole rings is 1. The average molecular weight is 317 g/mol. The van der Waals surface area contributed by atoms with Crippen LogP contribution < -0.4 is 0 Å². The van der Waals surface area contributed by atoms with Crippen LogP contribution in [0.25, 0.3) is 22.3 Å². The molecule has 0 aliphatic carbocycles. The maximum atomic E-state index is 4.64. The Hall–Kier alpha value is -2.59. The molecule has 2 aromatic carbocycles. The third kappa shape index (κ3) is 2.85. The number of hydrogen-bond acceptors (Lipinski definition) is 3. The van der Waals surface area contributed by atoms with Gasteiger partial charge in [0.25, 0.3) is 0 Å². The molecule has 0 radical (unpaired) electrons. The van der Waals surface area contributed by atoms with Gasteiger partial charge in [-0.05, 0) is 36.8 Å². The van der Waals surface area contributed by atoms with E-state index in [4.69, 9.17) is 0 Å². The Morgan fingerprint density at radius 2 is 1.74 bits per heavy atom. The Bertz CT molecular complexity index is 925. The summed E-state index contributed by atoms with van der Waals surface area (Å²) in [5, 5.41) is 0.894. The van der Waals surface area contributed by atoms with E-state index in [0.29, 0.717) is 0 Å². The number of pyridine rings is 1. The first-order valence-electron chi connectivity index (χ1n) is 7.44. The van der Waals surface area contributed by atoms with Crippen molar-refractivity contribution in [1.82, 2.24) is 15.0 Å². The quantitative estimate of drug-likeness (QED) is 0.572. The first kappa shape index (κ1) is 14.0. The lowest BCUT2D eigenvalue weighted by Gasteiger charge is -2.07. The van der Waals surface area contributed by atoms with E-state index in [0.717, 1.165) is 37.9 Å². The Morgan fingerprint density at radius 3 is 2.57 bits per heavy atom. The highest BCUT2D eigenvalue weighted by Crippen LogP contribution is 2.34. The molecule has 0 spiro atoms. The molecule has 4 heteroatoms. The van der Waals surface area contributed by atoms with Gasteiger partial charge < -0.3 is 4.98 Å². The molecule has 0 bridgehead atoms. The van der Waals surface area contributed by atoms with Crippen LogP contribution in [-0.4, -0.2) is 15.0 Å². The van der Waals surface area contributed by atoms with E-state index in [1.165, 1.54) is 0 Å². The fraction of sp³-hybridized carbons (Fsp3) is 0.0526. The van der Waals surface area contributed by atoms with Gasteiger partial charge in [0, 0.05) is 16.7 Å². The first-order chi connectivity index (χ1) is 11.3. The summed E-state index contributed by atoms with van der Waals surface area (Å²) >= 11 is 1.63. The highest BCUT2D eigenvalue weighted by molar-refractivity contribution is 7.99. The highest BCUT2D eigenvalue weighted by atomic mass is 32.2. The first-order valence-corrected chi connectivity index (χ1v) is 8.26. The van der Waals surface area contributed by atoms with E-state index < -0.39 is 0 Å². The lowest BCUT2D eigenvalue weighted by Crippen LogP contribution is -1.87. The number of para-hydroxylation sites is 2. The van der Waals surface area contributed by atoms with E-state index in [-0.39, 0.29) is 0 Å². The number of aromatic nitrogens is 3. The molecule has 0 aliphatic rings. The normalized spacial score (nSPS) is 11.0. The molecular formula is C19H15N3S. The maximum absolute atomic E-state index is 4.64. The predicted octanol–water partition coefficient (Wildman–Crippen LogP) is 5.08. The maximum Gasteiger partial charge on any atom is 0.171 e. The van der Waals surface area contributed by atoms with Gasteiger partial charge in [-0.25, -0.2) is 4.98 Å². The molecule has 0 atom stereocenters. The molecule has 0 saturated heterocycles. The highest BCUT2D eigenvalue weighted by Gasteiger charge is 2.10. The van der Waals surface area contributed by atoms with Gasteiger partial charge in [0.05, 0.1) is 16.7 Å². The number of H-pyrrole nitrogens is 1. The van der Waals surface area contributed by atoms with Gasteiger partial charge in [-0.1, -0.05) is 48.2 Å². The summed E-state index contributed by atoms with van der Waals surface area (Å²) in [6, 6.07) is 20.5. The zero-order chi connectivity index (χ0) is 15.6. The summed E-state index contributed by atoms with van der Waals surface area (Å²) in [6.45, 7) is 2.05. The molecule has 2 aromatic heterocycles. The minimum absolute atomic E-state index is 0.894. The number of nitrogens with one attached hydrogen (secondary N) is 1. The second kappa shape index (κ2) is 5.89. The van der Waals surface area contributed by atoms with E-state index in [9.17, 15) is 0 Å². The number of nitrogens with zero attached hydrogens (tertiary/aromatic N) is 2. The van der Waals surface area contributed by atoms with Crippen molar-refractivity contribution < 1.29 is 0 Å². The largest absolute Gasteiger partial charge is 0.333 e. The molecule has 2 heterocycles.